The SMILES string of the molecule is Cc1cc(-c2ccccc2)c(C)o1. The molecule has 66 valence electrons. The van der Waals surface area contributed by atoms with Gasteiger partial charge in [-0.05, 0) is 25.5 Å². The molecule has 1 aromatic heterocycles. The van der Waals surface area contributed by atoms with E-state index in [1.807, 2.05) is 32.0 Å². The number of hydrogen-bond donors (Lipinski definition) is 0. The average molecular weight is 172 g/mol. The highest BCUT2D eigenvalue weighted by atomic mass is 16.3. The summed E-state index contributed by atoms with van der Waals surface area (Å²) in [7, 11) is 0. The molecule has 0 fully saturated rings. The van der Waals surface area contributed by atoms with Gasteiger partial charge in [-0.25, -0.2) is 0 Å². The van der Waals surface area contributed by atoms with Gasteiger partial charge in [-0.3, -0.25) is 0 Å². The van der Waals surface area contributed by atoms with Crippen molar-refractivity contribution in [1.29, 1.82) is 0 Å². The minimum Gasteiger partial charge on any atom is -0.466 e. The zero-order valence-electron chi connectivity index (χ0n) is 7.87. The fourth-order valence-corrected chi connectivity index (χ4v) is 1.54. The summed E-state index contributed by atoms with van der Waals surface area (Å²) in [4.78, 5) is 0. The lowest BCUT2D eigenvalue weighted by molar-refractivity contribution is 0.505. The molecule has 2 aromatic rings. The zero-order valence-corrected chi connectivity index (χ0v) is 7.87. The summed E-state index contributed by atoms with van der Waals surface area (Å²) in [5, 5.41) is 0. The maximum absolute atomic E-state index is 5.47. The zero-order chi connectivity index (χ0) is 9.26. The smallest absolute Gasteiger partial charge is 0.108 e. The van der Waals surface area contributed by atoms with E-state index in [-0.39, 0.29) is 0 Å². The van der Waals surface area contributed by atoms with E-state index in [1.165, 1.54) is 11.1 Å². The van der Waals surface area contributed by atoms with Crippen molar-refractivity contribution in [3.8, 4) is 11.1 Å². The Hall–Kier alpha value is -1.50. The van der Waals surface area contributed by atoms with E-state index in [9.17, 15) is 0 Å². The Morgan fingerprint density at radius 3 is 2.23 bits per heavy atom. The summed E-state index contributed by atoms with van der Waals surface area (Å²) in [6.45, 7) is 3.97. The first-order chi connectivity index (χ1) is 6.27. The van der Waals surface area contributed by atoms with E-state index < -0.39 is 0 Å². The van der Waals surface area contributed by atoms with E-state index in [0.29, 0.717) is 0 Å². The van der Waals surface area contributed by atoms with Crippen LogP contribution in [0.25, 0.3) is 11.1 Å². The normalized spacial score (nSPS) is 10.3. The van der Waals surface area contributed by atoms with Crippen molar-refractivity contribution in [2.45, 2.75) is 13.8 Å². The summed E-state index contributed by atoms with van der Waals surface area (Å²) in [5.41, 5.74) is 2.41. The van der Waals surface area contributed by atoms with Crippen molar-refractivity contribution in [1.82, 2.24) is 0 Å². The average Bonchev–Trinajstić information content (AvgIpc) is 2.47. The number of benzene rings is 1. The summed E-state index contributed by atoms with van der Waals surface area (Å²) < 4.78 is 5.47. The molecular formula is C12H12O. The van der Waals surface area contributed by atoms with Crippen molar-refractivity contribution in [3.05, 3.63) is 47.9 Å². The molecule has 0 N–H and O–H groups in total. The van der Waals surface area contributed by atoms with Gasteiger partial charge in [-0.15, -0.1) is 0 Å². The van der Waals surface area contributed by atoms with Crippen LogP contribution < -0.4 is 0 Å². The molecule has 1 heteroatoms. The van der Waals surface area contributed by atoms with Gasteiger partial charge >= 0.3 is 0 Å². The van der Waals surface area contributed by atoms with Gasteiger partial charge in [0, 0.05) is 5.56 Å². The largest absolute Gasteiger partial charge is 0.466 e. The third kappa shape index (κ3) is 1.50. The van der Waals surface area contributed by atoms with Crippen LogP contribution in [0.1, 0.15) is 11.5 Å². The Bertz CT molecular complexity index is 398. The van der Waals surface area contributed by atoms with Crippen molar-refractivity contribution < 1.29 is 4.42 Å². The molecule has 0 radical (unpaired) electrons. The molecule has 0 aliphatic heterocycles. The van der Waals surface area contributed by atoms with Gasteiger partial charge in [0.1, 0.15) is 11.5 Å². The second-order valence-electron chi connectivity index (χ2n) is 3.19. The summed E-state index contributed by atoms with van der Waals surface area (Å²) in [6, 6.07) is 12.4. The van der Waals surface area contributed by atoms with Crippen LogP contribution >= 0.6 is 0 Å². The van der Waals surface area contributed by atoms with Crippen molar-refractivity contribution in [2.75, 3.05) is 0 Å². The lowest BCUT2D eigenvalue weighted by Crippen LogP contribution is -1.74. The molecule has 1 heterocycles. The first-order valence-corrected chi connectivity index (χ1v) is 4.40. The minimum atomic E-state index is 0.969. The molecule has 2 rings (SSSR count). The fraction of sp³-hybridized carbons (Fsp3) is 0.167. The molecule has 0 aliphatic carbocycles. The maximum atomic E-state index is 5.47. The van der Waals surface area contributed by atoms with Gasteiger partial charge in [-0.1, -0.05) is 30.3 Å². The Labute approximate surface area is 78.0 Å². The van der Waals surface area contributed by atoms with Crippen LogP contribution in [0, 0.1) is 13.8 Å². The van der Waals surface area contributed by atoms with Crippen LogP contribution in [0.5, 0.6) is 0 Å². The lowest BCUT2D eigenvalue weighted by Gasteiger charge is -1.96. The fourth-order valence-electron chi connectivity index (χ4n) is 1.54. The van der Waals surface area contributed by atoms with Crippen LogP contribution in [0.2, 0.25) is 0 Å². The molecule has 13 heavy (non-hydrogen) atoms. The highest BCUT2D eigenvalue weighted by Crippen LogP contribution is 2.25. The Kier molecular flexibility index (Phi) is 1.93. The monoisotopic (exact) mass is 172 g/mol. The summed E-state index contributed by atoms with van der Waals surface area (Å²) in [6.07, 6.45) is 0. The van der Waals surface area contributed by atoms with Crippen LogP contribution in [-0.2, 0) is 0 Å². The third-order valence-electron chi connectivity index (χ3n) is 2.13. The summed E-state index contributed by atoms with van der Waals surface area (Å²) >= 11 is 0. The van der Waals surface area contributed by atoms with E-state index in [2.05, 4.69) is 18.2 Å². The Balaban J connectivity index is 2.53. The Morgan fingerprint density at radius 1 is 1.00 bits per heavy atom. The number of rotatable bonds is 1. The molecule has 0 atom stereocenters. The molecule has 0 saturated carbocycles. The first-order valence-electron chi connectivity index (χ1n) is 4.40. The van der Waals surface area contributed by atoms with Gasteiger partial charge in [0.05, 0.1) is 0 Å². The number of furan rings is 1. The van der Waals surface area contributed by atoms with Crippen molar-refractivity contribution in [2.24, 2.45) is 0 Å². The van der Waals surface area contributed by atoms with Crippen LogP contribution in [-0.4, -0.2) is 0 Å². The highest BCUT2D eigenvalue weighted by Gasteiger charge is 2.05. The van der Waals surface area contributed by atoms with E-state index in [4.69, 9.17) is 4.42 Å². The molecule has 1 aromatic carbocycles. The second kappa shape index (κ2) is 3.09. The Morgan fingerprint density at radius 2 is 1.69 bits per heavy atom. The van der Waals surface area contributed by atoms with E-state index in [1.54, 1.807) is 0 Å². The topological polar surface area (TPSA) is 13.1 Å². The van der Waals surface area contributed by atoms with E-state index >= 15 is 0 Å². The van der Waals surface area contributed by atoms with Crippen molar-refractivity contribution in [3.63, 3.8) is 0 Å². The quantitative estimate of drug-likeness (QED) is 0.641. The van der Waals surface area contributed by atoms with Gasteiger partial charge < -0.3 is 4.42 Å². The number of aryl methyl sites for hydroxylation is 2. The molecule has 0 amide bonds. The predicted octanol–water partition coefficient (Wildman–Crippen LogP) is 3.56. The predicted molar refractivity (Wildman–Crippen MR) is 53.6 cm³/mol. The van der Waals surface area contributed by atoms with Gasteiger partial charge in [0.2, 0.25) is 0 Å². The number of hydrogen-bond acceptors (Lipinski definition) is 1. The molecule has 0 aliphatic rings. The molecular weight excluding hydrogens is 160 g/mol. The van der Waals surface area contributed by atoms with Crippen LogP contribution in [0.3, 0.4) is 0 Å². The first kappa shape index (κ1) is 8.11. The standard InChI is InChI=1S/C12H12O/c1-9-8-12(10(2)13-9)11-6-4-3-5-7-11/h3-8H,1-2H3. The maximum Gasteiger partial charge on any atom is 0.108 e. The van der Waals surface area contributed by atoms with Crippen LogP contribution in [0.15, 0.2) is 40.8 Å². The van der Waals surface area contributed by atoms with Gasteiger partial charge in [0.15, 0.2) is 0 Å². The lowest BCUT2D eigenvalue weighted by atomic mass is 10.1. The minimum absolute atomic E-state index is 0.969. The highest BCUT2D eigenvalue weighted by molar-refractivity contribution is 5.65. The molecule has 0 spiro atoms. The third-order valence-corrected chi connectivity index (χ3v) is 2.13. The second-order valence-corrected chi connectivity index (χ2v) is 3.19. The van der Waals surface area contributed by atoms with Crippen molar-refractivity contribution >= 4 is 0 Å². The van der Waals surface area contributed by atoms with E-state index in [0.717, 1.165) is 11.5 Å². The molecule has 1 nitrogen and oxygen atoms in total. The van der Waals surface area contributed by atoms with Gasteiger partial charge in [0.25, 0.3) is 0 Å². The molecule has 0 bridgehead atoms. The van der Waals surface area contributed by atoms with Gasteiger partial charge in [-0.2, -0.15) is 0 Å². The molecule has 0 saturated heterocycles. The molecule has 0 unspecified atom stereocenters. The summed E-state index contributed by atoms with van der Waals surface area (Å²) in [5.74, 6) is 1.96. The van der Waals surface area contributed by atoms with Crippen LogP contribution in [0.4, 0.5) is 0 Å².